The number of allylic oxidation sites excluding steroid dienone is 8. The number of rotatable bonds is 7. The van der Waals surface area contributed by atoms with Gasteiger partial charge in [-0.1, -0.05) is 6.08 Å². The summed E-state index contributed by atoms with van der Waals surface area (Å²) in [6.07, 6.45) is 9.51. The molecule has 2 aliphatic carbocycles. The lowest BCUT2D eigenvalue weighted by Gasteiger charge is -2.16. The van der Waals surface area contributed by atoms with E-state index in [4.69, 9.17) is 0 Å². The van der Waals surface area contributed by atoms with Gasteiger partial charge in [-0.25, -0.2) is 4.99 Å². The molecule has 0 unspecified atom stereocenters. The minimum atomic E-state index is -0.223. The SMILES string of the molecule is CNCCC1=C2C(=O)C=CC=C2N=C1C1=CC=C2NC(=O)C(CCN(C)C)=C2C1=O. The van der Waals surface area contributed by atoms with Crippen LogP contribution in [0.2, 0.25) is 0 Å². The lowest BCUT2D eigenvalue weighted by Crippen LogP contribution is -2.23. The summed E-state index contributed by atoms with van der Waals surface area (Å²) in [5, 5.41) is 5.89. The zero-order valence-corrected chi connectivity index (χ0v) is 17.3. The van der Waals surface area contributed by atoms with Crippen molar-refractivity contribution in [3.63, 3.8) is 0 Å². The number of hydrogen-bond acceptors (Lipinski definition) is 6. The van der Waals surface area contributed by atoms with Gasteiger partial charge in [0.2, 0.25) is 0 Å². The first-order valence-corrected chi connectivity index (χ1v) is 9.99. The summed E-state index contributed by atoms with van der Waals surface area (Å²) in [4.78, 5) is 45.1. The Labute approximate surface area is 175 Å². The number of aliphatic imine (C=N–C) groups is 1. The van der Waals surface area contributed by atoms with Crippen molar-refractivity contribution in [3.8, 4) is 0 Å². The first-order valence-electron chi connectivity index (χ1n) is 9.99. The van der Waals surface area contributed by atoms with Gasteiger partial charge in [-0.3, -0.25) is 14.4 Å². The summed E-state index contributed by atoms with van der Waals surface area (Å²) in [7, 11) is 5.70. The molecule has 1 amide bonds. The minimum Gasteiger partial charge on any atom is -0.322 e. The highest BCUT2D eigenvalue weighted by Gasteiger charge is 2.38. The predicted octanol–water partition coefficient (Wildman–Crippen LogP) is 1.14. The second-order valence-corrected chi connectivity index (χ2v) is 7.79. The molecule has 7 heteroatoms. The van der Waals surface area contributed by atoms with E-state index in [0.717, 1.165) is 5.57 Å². The van der Waals surface area contributed by atoms with Gasteiger partial charge in [-0.15, -0.1) is 0 Å². The van der Waals surface area contributed by atoms with E-state index in [1.807, 2.05) is 26.0 Å². The highest BCUT2D eigenvalue weighted by molar-refractivity contribution is 6.38. The van der Waals surface area contributed by atoms with Crippen LogP contribution in [0.5, 0.6) is 0 Å². The summed E-state index contributed by atoms with van der Waals surface area (Å²) in [5.41, 5.74) is 4.35. The molecule has 154 valence electrons. The highest BCUT2D eigenvalue weighted by Crippen LogP contribution is 2.37. The molecule has 0 saturated carbocycles. The van der Waals surface area contributed by atoms with Gasteiger partial charge in [0.05, 0.1) is 28.3 Å². The van der Waals surface area contributed by atoms with Crippen LogP contribution >= 0.6 is 0 Å². The highest BCUT2D eigenvalue weighted by atomic mass is 16.2. The quantitative estimate of drug-likeness (QED) is 0.664. The van der Waals surface area contributed by atoms with Crippen LogP contribution in [0.25, 0.3) is 0 Å². The standard InChI is InChI=1S/C23H24N4O3/c1-24-11-9-13-19-16(5-4-6-18(19)28)25-21(13)15-7-8-17-20(22(15)29)14(23(30)26-17)10-12-27(2)3/h4-8,24H,9-12H2,1-3H3,(H,26,30). The fourth-order valence-corrected chi connectivity index (χ4v) is 4.00. The van der Waals surface area contributed by atoms with Crippen LogP contribution in [0.15, 0.2) is 74.6 Å². The smallest absolute Gasteiger partial charge is 0.252 e. The van der Waals surface area contributed by atoms with Gasteiger partial charge < -0.3 is 15.5 Å². The molecule has 0 spiro atoms. The Morgan fingerprint density at radius 2 is 1.83 bits per heavy atom. The molecule has 4 aliphatic rings. The molecule has 0 radical (unpaired) electrons. The van der Waals surface area contributed by atoms with Crippen molar-refractivity contribution in [2.24, 2.45) is 4.99 Å². The Bertz CT molecular complexity index is 1080. The molecule has 0 atom stereocenters. The first-order chi connectivity index (χ1) is 14.4. The van der Waals surface area contributed by atoms with E-state index in [0.29, 0.717) is 65.3 Å². The fraction of sp³-hybridized carbons (Fsp3) is 0.304. The van der Waals surface area contributed by atoms with Crippen molar-refractivity contribution in [1.29, 1.82) is 0 Å². The number of ketones is 2. The predicted molar refractivity (Wildman–Crippen MR) is 115 cm³/mol. The van der Waals surface area contributed by atoms with Gasteiger partial charge in [0.1, 0.15) is 0 Å². The molecule has 2 aliphatic heterocycles. The normalized spacial score (nSPS) is 20.3. The average Bonchev–Trinajstić information content (AvgIpc) is 3.23. The van der Waals surface area contributed by atoms with Gasteiger partial charge in [0.15, 0.2) is 11.6 Å². The summed E-state index contributed by atoms with van der Waals surface area (Å²) >= 11 is 0. The number of carbonyl (C=O) groups is 3. The monoisotopic (exact) mass is 404 g/mol. The van der Waals surface area contributed by atoms with E-state index in [9.17, 15) is 14.4 Å². The molecule has 2 heterocycles. The largest absolute Gasteiger partial charge is 0.322 e. The van der Waals surface area contributed by atoms with E-state index >= 15 is 0 Å². The first kappa shape index (κ1) is 20.1. The van der Waals surface area contributed by atoms with Gasteiger partial charge in [-0.2, -0.15) is 0 Å². The molecule has 30 heavy (non-hydrogen) atoms. The van der Waals surface area contributed by atoms with Crippen LogP contribution in [0.4, 0.5) is 0 Å². The van der Waals surface area contributed by atoms with Crippen molar-refractivity contribution in [1.82, 2.24) is 15.5 Å². The van der Waals surface area contributed by atoms with Gasteiger partial charge >= 0.3 is 0 Å². The molecule has 0 aromatic heterocycles. The van der Waals surface area contributed by atoms with E-state index in [2.05, 4.69) is 15.6 Å². The van der Waals surface area contributed by atoms with Gasteiger partial charge in [0.25, 0.3) is 5.91 Å². The zero-order chi connectivity index (χ0) is 21.4. The molecular weight excluding hydrogens is 380 g/mol. The average molecular weight is 404 g/mol. The van der Waals surface area contributed by atoms with Gasteiger partial charge in [0, 0.05) is 17.7 Å². The van der Waals surface area contributed by atoms with Crippen LogP contribution in [-0.2, 0) is 14.4 Å². The third kappa shape index (κ3) is 3.36. The van der Waals surface area contributed by atoms with Crippen molar-refractivity contribution >= 4 is 23.2 Å². The molecule has 0 aromatic carbocycles. The lowest BCUT2D eigenvalue weighted by molar-refractivity contribution is -0.116. The Morgan fingerprint density at radius 1 is 1.03 bits per heavy atom. The second kappa shape index (κ2) is 7.93. The third-order valence-corrected chi connectivity index (χ3v) is 5.50. The van der Waals surface area contributed by atoms with E-state index in [1.165, 1.54) is 6.08 Å². The minimum absolute atomic E-state index is 0.0963. The molecule has 4 rings (SSSR count). The van der Waals surface area contributed by atoms with Crippen LogP contribution in [-0.4, -0.2) is 62.3 Å². The molecule has 7 nitrogen and oxygen atoms in total. The molecule has 0 aromatic rings. The van der Waals surface area contributed by atoms with E-state index in [1.54, 1.807) is 24.3 Å². The second-order valence-electron chi connectivity index (χ2n) is 7.79. The number of nitrogens with zero attached hydrogens (tertiary/aromatic N) is 2. The maximum atomic E-state index is 13.5. The summed E-state index contributed by atoms with van der Waals surface area (Å²) in [5.74, 6) is -0.541. The fourth-order valence-electron chi connectivity index (χ4n) is 4.00. The van der Waals surface area contributed by atoms with Crippen LogP contribution in [0.3, 0.4) is 0 Å². The maximum Gasteiger partial charge on any atom is 0.252 e. The third-order valence-electron chi connectivity index (χ3n) is 5.50. The number of fused-ring (bicyclic) bond motifs is 2. The lowest BCUT2D eigenvalue weighted by atomic mass is 9.85. The summed E-state index contributed by atoms with van der Waals surface area (Å²) in [6, 6.07) is 0. The molecule has 0 bridgehead atoms. The van der Waals surface area contributed by atoms with Crippen LogP contribution in [0.1, 0.15) is 12.8 Å². The van der Waals surface area contributed by atoms with Gasteiger partial charge in [-0.05, 0) is 70.4 Å². The van der Waals surface area contributed by atoms with Crippen LogP contribution in [0, 0.1) is 0 Å². The van der Waals surface area contributed by atoms with E-state index < -0.39 is 0 Å². The topological polar surface area (TPSA) is 90.9 Å². The number of nitrogens with one attached hydrogen (secondary N) is 2. The Hall–Kier alpha value is -3.16. The molecule has 2 N–H and O–H groups in total. The Morgan fingerprint density at radius 3 is 2.57 bits per heavy atom. The van der Waals surface area contributed by atoms with Crippen molar-refractivity contribution in [2.75, 3.05) is 34.2 Å². The Balaban J connectivity index is 1.75. The van der Waals surface area contributed by atoms with Crippen LogP contribution < -0.4 is 10.6 Å². The van der Waals surface area contributed by atoms with Crippen molar-refractivity contribution < 1.29 is 14.4 Å². The zero-order valence-electron chi connectivity index (χ0n) is 17.3. The van der Waals surface area contributed by atoms with E-state index in [-0.39, 0.29) is 17.5 Å². The molecule has 0 fully saturated rings. The molecular formula is C23H24N4O3. The number of carbonyl (C=O) groups excluding carboxylic acids is 3. The number of hydrogen-bond donors (Lipinski definition) is 2. The maximum absolute atomic E-state index is 13.5. The number of amides is 1. The van der Waals surface area contributed by atoms with Crippen molar-refractivity contribution in [2.45, 2.75) is 12.8 Å². The molecule has 0 saturated heterocycles. The summed E-state index contributed by atoms with van der Waals surface area (Å²) in [6.45, 7) is 1.32. The Kier molecular flexibility index (Phi) is 5.32. The summed E-state index contributed by atoms with van der Waals surface area (Å²) < 4.78 is 0. The number of Topliss-reactive ketones (excluding diaryl/α,β-unsaturated/α-hetero) is 1. The van der Waals surface area contributed by atoms with Crippen molar-refractivity contribution in [3.05, 3.63) is 69.6 Å².